The van der Waals surface area contributed by atoms with Crippen LogP contribution in [0, 0.1) is 5.92 Å². The third-order valence-electron chi connectivity index (χ3n) is 4.23. The highest BCUT2D eigenvalue weighted by Crippen LogP contribution is 2.20. The molecule has 6 heteroatoms. The molecule has 2 amide bonds. The van der Waals surface area contributed by atoms with Gasteiger partial charge in [-0.05, 0) is 32.0 Å². The van der Waals surface area contributed by atoms with Crippen LogP contribution in [0.3, 0.4) is 0 Å². The lowest BCUT2D eigenvalue weighted by Gasteiger charge is -2.33. The highest BCUT2D eigenvalue weighted by atomic mass is 35.5. The maximum absolute atomic E-state index is 12.4. The summed E-state index contributed by atoms with van der Waals surface area (Å²) < 4.78 is 0. The molecule has 0 atom stereocenters. The second kappa shape index (κ2) is 9.53. The maximum Gasteiger partial charge on any atom is 0.253 e. The number of carbonyl (C=O) groups is 2. The van der Waals surface area contributed by atoms with Gasteiger partial charge >= 0.3 is 0 Å². The molecule has 0 aliphatic carbocycles. The maximum atomic E-state index is 12.4. The van der Waals surface area contributed by atoms with Crippen LogP contribution in [0.5, 0.6) is 0 Å². The van der Waals surface area contributed by atoms with Crippen LogP contribution in [0.15, 0.2) is 30.3 Å². The van der Waals surface area contributed by atoms with Crippen LogP contribution in [0.4, 0.5) is 0 Å². The van der Waals surface area contributed by atoms with Crippen molar-refractivity contribution in [3.63, 3.8) is 0 Å². The highest BCUT2D eigenvalue weighted by molar-refractivity contribution is 5.94. The SMILES string of the molecule is CNCCN(C)C(=O)C1CCN(C(=O)c2ccccc2)CC1.Cl. The van der Waals surface area contributed by atoms with Crippen molar-refractivity contribution in [2.45, 2.75) is 12.8 Å². The van der Waals surface area contributed by atoms with Gasteiger partial charge < -0.3 is 15.1 Å². The lowest BCUT2D eigenvalue weighted by Crippen LogP contribution is -2.44. The number of benzene rings is 1. The van der Waals surface area contributed by atoms with Crippen LogP contribution < -0.4 is 5.32 Å². The molecule has 2 rings (SSSR count). The quantitative estimate of drug-likeness (QED) is 0.887. The number of rotatable bonds is 5. The highest BCUT2D eigenvalue weighted by Gasteiger charge is 2.29. The Morgan fingerprint density at radius 2 is 1.83 bits per heavy atom. The molecule has 0 bridgehead atoms. The molecule has 1 saturated heterocycles. The molecule has 0 radical (unpaired) electrons. The van der Waals surface area contributed by atoms with E-state index in [0.717, 1.165) is 31.5 Å². The zero-order chi connectivity index (χ0) is 15.9. The third kappa shape index (κ3) is 5.22. The Hall–Kier alpha value is -1.59. The molecule has 23 heavy (non-hydrogen) atoms. The van der Waals surface area contributed by atoms with Crippen molar-refractivity contribution in [1.82, 2.24) is 15.1 Å². The molecule has 1 aliphatic heterocycles. The van der Waals surface area contributed by atoms with E-state index in [4.69, 9.17) is 0 Å². The number of likely N-dealkylation sites (tertiary alicyclic amines) is 1. The van der Waals surface area contributed by atoms with Crippen molar-refractivity contribution in [2.24, 2.45) is 5.92 Å². The number of likely N-dealkylation sites (N-methyl/N-ethyl adjacent to an activating group) is 2. The van der Waals surface area contributed by atoms with Gasteiger partial charge in [-0.1, -0.05) is 18.2 Å². The lowest BCUT2D eigenvalue weighted by molar-refractivity contribution is -0.135. The van der Waals surface area contributed by atoms with Crippen molar-refractivity contribution >= 4 is 24.2 Å². The Bertz CT molecular complexity index is 502. The van der Waals surface area contributed by atoms with E-state index in [0.29, 0.717) is 13.1 Å². The van der Waals surface area contributed by atoms with E-state index in [-0.39, 0.29) is 30.1 Å². The van der Waals surface area contributed by atoms with E-state index >= 15 is 0 Å². The van der Waals surface area contributed by atoms with Crippen molar-refractivity contribution in [2.75, 3.05) is 40.3 Å². The summed E-state index contributed by atoms with van der Waals surface area (Å²) in [5.74, 6) is 0.304. The minimum absolute atomic E-state index is 0. The first-order valence-electron chi connectivity index (χ1n) is 7.87. The summed E-state index contributed by atoms with van der Waals surface area (Å²) in [6.45, 7) is 2.83. The van der Waals surface area contributed by atoms with Crippen LogP contribution in [0.25, 0.3) is 0 Å². The second-order valence-electron chi connectivity index (χ2n) is 5.80. The molecule has 1 heterocycles. The molecule has 1 fully saturated rings. The molecule has 1 N–H and O–H groups in total. The number of hydrogen-bond acceptors (Lipinski definition) is 3. The fraction of sp³-hybridized carbons (Fsp3) is 0.529. The van der Waals surface area contributed by atoms with Gasteiger partial charge in [-0.3, -0.25) is 9.59 Å². The number of carbonyl (C=O) groups excluding carboxylic acids is 2. The summed E-state index contributed by atoms with van der Waals surface area (Å²) >= 11 is 0. The Morgan fingerprint density at radius 1 is 1.22 bits per heavy atom. The van der Waals surface area contributed by atoms with Crippen LogP contribution >= 0.6 is 12.4 Å². The summed E-state index contributed by atoms with van der Waals surface area (Å²) in [6.07, 6.45) is 1.50. The molecule has 128 valence electrons. The number of halogens is 1. The van der Waals surface area contributed by atoms with Gasteiger partial charge in [0.25, 0.3) is 5.91 Å². The minimum Gasteiger partial charge on any atom is -0.344 e. The van der Waals surface area contributed by atoms with Gasteiger partial charge in [0, 0.05) is 44.7 Å². The molecule has 1 aliphatic rings. The summed E-state index contributed by atoms with van der Waals surface area (Å²) in [5.41, 5.74) is 0.721. The van der Waals surface area contributed by atoms with Gasteiger partial charge in [-0.25, -0.2) is 0 Å². The summed E-state index contributed by atoms with van der Waals surface area (Å²) in [5, 5.41) is 3.05. The second-order valence-corrected chi connectivity index (χ2v) is 5.80. The molecule has 0 spiro atoms. The van der Waals surface area contributed by atoms with Crippen molar-refractivity contribution in [3.05, 3.63) is 35.9 Å². The Morgan fingerprint density at radius 3 is 2.39 bits per heavy atom. The standard InChI is InChI=1S/C17H25N3O2.ClH/c1-18-10-13-19(2)16(21)15-8-11-20(12-9-15)17(22)14-6-4-3-5-7-14;/h3-7,15,18H,8-13H2,1-2H3;1H. The molecule has 1 aromatic carbocycles. The first kappa shape index (κ1) is 19.5. The zero-order valence-corrected chi connectivity index (χ0v) is 14.6. The zero-order valence-electron chi connectivity index (χ0n) is 13.8. The molecular formula is C17H26ClN3O2. The van der Waals surface area contributed by atoms with Crippen LogP contribution in [0.1, 0.15) is 23.2 Å². The van der Waals surface area contributed by atoms with Crippen LogP contribution in [0.2, 0.25) is 0 Å². The van der Waals surface area contributed by atoms with Gasteiger partial charge in [0.15, 0.2) is 0 Å². The fourth-order valence-corrected chi connectivity index (χ4v) is 2.79. The van der Waals surface area contributed by atoms with Crippen molar-refractivity contribution in [3.8, 4) is 0 Å². The number of nitrogens with zero attached hydrogens (tertiary/aromatic N) is 2. The molecule has 0 aromatic heterocycles. The normalized spacial score (nSPS) is 15.0. The van der Waals surface area contributed by atoms with Crippen molar-refractivity contribution in [1.29, 1.82) is 0 Å². The summed E-state index contributed by atoms with van der Waals surface area (Å²) in [7, 11) is 3.73. The van der Waals surface area contributed by atoms with Gasteiger partial charge in [-0.15, -0.1) is 12.4 Å². The third-order valence-corrected chi connectivity index (χ3v) is 4.23. The van der Waals surface area contributed by atoms with E-state index in [2.05, 4.69) is 5.32 Å². The Labute approximate surface area is 144 Å². The van der Waals surface area contributed by atoms with E-state index in [1.165, 1.54) is 0 Å². The van der Waals surface area contributed by atoms with Crippen molar-refractivity contribution < 1.29 is 9.59 Å². The smallest absolute Gasteiger partial charge is 0.253 e. The van der Waals surface area contributed by atoms with E-state index in [9.17, 15) is 9.59 Å². The van der Waals surface area contributed by atoms with E-state index < -0.39 is 0 Å². The van der Waals surface area contributed by atoms with Gasteiger partial charge in [0.2, 0.25) is 5.91 Å². The average molecular weight is 340 g/mol. The average Bonchev–Trinajstić information content (AvgIpc) is 2.59. The molecule has 5 nitrogen and oxygen atoms in total. The van der Waals surface area contributed by atoms with Crippen LogP contribution in [-0.4, -0.2) is 61.9 Å². The topological polar surface area (TPSA) is 52.7 Å². The van der Waals surface area contributed by atoms with E-state index in [1.807, 2.05) is 49.3 Å². The molecule has 0 saturated carbocycles. The van der Waals surface area contributed by atoms with E-state index in [1.54, 1.807) is 4.90 Å². The Balaban J connectivity index is 0.00000264. The Kier molecular flexibility index (Phi) is 8.06. The number of nitrogens with one attached hydrogen (secondary N) is 1. The predicted octanol–water partition coefficient (Wildman–Crippen LogP) is 1.64. The van der Waals surface area contributed by atoms with Gasteiger partial charge in [0.1, 0.15) is 0 Å². The first-order chi connectivity index (χ1) is 10.6. The summed E-state index contributed by atoms with van der Waals surface area (Å²) in [6, 6.07) is 9.33. The van der Waals surface area contributed by atoms with Gasteiger partial charge in [-0.2, -0.15) is 0 Å². The number of hydrogen-bond donors (Lipinski definition) is 1. The largest absolute Gasteiger partial charge is 0.344 e. The number of piperidine rings is 1. The minimum atomic E-state index is 0. The first-order valence-corrected chi connectivity index (χ1v) is 7.87. The summed E-state index contributed by atoms with van der Waals surface area (Å²) in [4.78, 5) is 28.4. The predicted molar refractivity (Wildman–Crippen MR) is 93.9 cm³/mol. The number of amides is 2. The fourth-order valence-electron chi connectivity index (χ4n) is 2.79. The molecule has 0 unspecified atom stereocenters. The monoisotopic (exact) mass is 339 g/mol. The molecule has 1 aromatic rings. The lowest BCUT2D eigenvalue weighted by atomic mass is 9.95. The van der Waals surface area contributed by atoms with Crippen LogP contribution in [-0.2, 0) is 4.79 Å². The van der Waals surface area contributed by atoms with Gasteiger partial charge in [0.05, 0.1) is 0 Å². The molecular weight excluding hydrogens is 314 g/mol.